The van der Waals surface area contributed by atoms with Gasteiger partial charge >= 0.3 is 0 Å². The molecule has 0 unspecified atom stereocenters. The molecule has 0 aliphatic carbocycles. The van der Waals surface area contributed by atoms with E-state index in [-0.39, 0.29) is 16.8 Å². The molecule has 0 bridgehead atoms. The summed E-state index contributed by atoms with van der Waals surface area (Å²) in [6.45, 7) is 5.02. The first-order valence-corrected chi connectivity index (χ1v) is 10.1. The van der Waals surface area contributed by atoms with Crippen LogP contribution >= 0.6 is 11.8 Å². The summed E-state index contributed by atoms with van der Waals surface area (Å²) in [6, 6.07) is 4.57. The van der Waals surface area contributed by atoms with Crippen LogP contribution in [-0.2, 0) is 10.0 Å². The number of sulfonamides is 1. The number of carbonyl (C=O) groups is 1. The van der Waals surface area contributed by atoms with E-state index in [1.165, 1.54) is 17.8 Å². The summed E-state index contributed by atoms with van der Waals surface area (Å²) in [7, 11) is -3.59. The average Bonchev–Trinajstić information content (AvgIpc) is 2.98. The minimum atomic E-state index is -3.59. The van der Waals surface area contributed by atoms with Crippen molar-refractivity contribution in [2.75, 3.05) is 19.3 Å². The molecule has 1 aromatic carbocycles. The molecule has 1 saturated heterocycles. The van der Waals surface area contributed by atoms with Gasteiger partial charge in [0.15, 0.2) is 0 Å². The summed E-state index contributed by atoms with van der Waals surface area (Å²) in [5.74, 6) is -0.0801. The smallest absolute Gasteiger partial charge is 0.255 e. The molecule has 0 spiro atoms. The van der Waals surface area contributed by atoms with Crippen molar-refractivity contribution in [1.29, 1.82) is 0 Å². The number of nitrogens with zero attached hydrogens (tertiary/aromatic N) is 1. The zero-order chi connectivity index (χ0) is 16.3. The molecular formula is C15H22N2O3S2. The van der Waals surface area contributed by atoms with Crippen LogP contribution in [0.3, 0.4) is 0 Å². The lowest BCUT2D eigenvalue weighted by atomic mass is 10.2. The number of rotatable bonds is 5. The number of hydrogen-bond acceptors (Lipinski definition) is 4. The van der Waals surface area contributed by atoms with Gasteiger partial charge in [0.25, 0.3) is 5.91 Å². The lowest BCUT2D eigenvalue weighted by molar-refractivity contribution is 0.0789. The SMILES string of the molecule is CSc1ccc(S(=O)(=O)NC(C)C)cc1C(=O)N1CCCC1. The van der Waals surface area contributed by atoms with Crippen LogP contribution in [0.2, 0.25) is 0 Å². The third-order valence-electron chi connectivity index (χ3n) is 3.50. The molecule has 0 atom stereocenters. The topological polar surface area (TPSA) is 66.5 Å². The first-order chi connectivity index (χ1) is 10.3. The van der Waals surface area contributed by atoms with E-state index >= 15 is 0 Å². The van der Waals surface area contributed by atoms with Gasteiger partial charge in [-0.1, -0.05) is 0 Å². The van der Waals surface area contributed by atoms with Crippen LogP contribution in [0.15, 0.2) is 28.0 Å². The number of carbonyl (C=O) groups excluding carboxylic acids is 1. The van der Waals surface area contributed by atoms with Crippen molar-refractivity contribution < 1.29 is 13.2 Å². The molecule has 0 radical (unpaired) electrons. The van der Waals surface area contributed by atoms with Gasteiger partial charge in [-0.3, -0.25) is 4.79 Å². The van der Waals surface area contributed by atoms with E-state index in [1.54, 1.807) is 30.9 Å². The van der Waals surface area contributed by atoms with Crippen LogP contribution in [-0.4, -0.2) is 44.6 Å². The van der Waals surface area contributed by atoms with Gasteiger partial charge < -0.3 is 4.90 Å². The number of thioether (sulfide) groups is 1. The van der Waals surface area contributed by atoms with E-state index in [4.69, 9.17) is 0 Å². The summed E-state index contributed by atoms with van der Waals surface area (Å²) in [4.78, 5) is 15.4. The number of benzene rings is 1. The van der Waals surface area contributed by atoms with E-state index in [0.717, 1.165) is 30.8 Å². The summed E-state index contributed by atoms with van der Waals surface area (Å²) >= 11 is 1.45. The van der Waals surface area contributed by atoms with Crippen molar-refractivity contribution in [3.63, 3.8) is 0 Å². The van der Waals surface area contributed by atoms with Gasteiger partial charge in [0.05, 0.1) is 10.5 Å². The summed E-state index contributed by atoms with van der Waals surface area (Å²) in [5.41, 5.74) is 0.473. The predicted molar refractivity (Wildman–Crippen MR) is 88.8 cm³/mol. The maximum Gasteiger partial charge on any atom is 0.255 e. The van der Waals surface area contributed by atoms with Crippen LogP contribution in [0.1, 0.15) is 37.0 Å². The average molecular weight is 342 g/mol. The van der Waals surface area contributed by atoms with Gasteiger partial charge in [0.2, 0.25) is 10.0 Å². The molecule has 1 heterocycles. The highest BCUT2D eigenvalue weighted by molar-refractivity contribution is 7.98. The van der Waals surface area contributed by atoms with E-state index in [1.807, 2.05) is 6.26 Å². The molecule has 1 aromatic rings. The van der Waals surface area contributed by atoms with Gasteiger partial charge in [-0.05, 0) is 51.1 Å². The Labute approximate surface area is 136 Å². The molecule has 1 fully saturated rings. The fourth-order valence-electron chi connectivity index (χ4n) is 2.49. The second kappa shape index (κ2) is 7.02. The molecule has 1 amide bonds. The summed E-state index contributed by atoms with van der Waals surface area (Å²) in [5, 5.41) is 0. The normalized spacial score (nSPS) is 15.5. The Morgan fingerprint density at radius 1 is 1.27 bits per heavy atom. The van der Waals surface area contributed by atoms with Gasteiger partial charge in [0, 0.05) is 24.0 Å². The molecule has 1 aliphatic heterocycles. The molecule has 22 heavy (non-hydrogen) atoms. The molecule has 7 heteroatoms. The van der Waals surface area contributed by atoms with Crippen LogP contribution in [0.25, 0.3) is 0 Å². The Bertz CT molecular complexity index is 651. The van der Waals surface area contributed by atoms with Crippen molar-refractivity contribution in [2.24, 2.45) is 0 Å². The first kappa shape index (κ1) is 17.3. The highest BCUT2D eigenvalue weighted by Crippen LogP contribution is 2.26. The van der Waals surface area contributed by atoms with E-state index < -0.39 is 10.0 Å². The highest BCUT2D eigenvalue weighted by Gasteiger charge is 2.24. The fourth-order valence-corrected chi connectivity index (χ4v) is 4.34. The maximum atomic E-state index is 12.6. The van der Waals surface area contributed by atoms with Crippen molar-refractivity contribution >= 4 is 27.7 Å². The fraction of sp³-hybridized carbons (Fsp3) is 0.533. The zero-order valence-electron chi connectivity index (χ0n) is 13.1. The van der Waals surface area contributed by atoms with Gasteiger partial charge in [-0.25, -0.2) is 13.1 Å². The maximum absolute atomic E-state index is 12.6. The molecule has 2 rings (SSSR count). The van der Waals surface area contributed by atoms with Crippen LogP contribution < -0.4 is 4.72 Å². The van der Waals surface area contributed by atoms with E-state index in [0.29, 0.717) is 5.56 Å². The Morgan fingerprint density at radius 3 is 2.45 bits per heavy atom. The largest absolute Gasteiger partial charge is 0.339 e. The standard InChI is InChI=1S/C15H22N2O3S2/c1-11(2)16-22(19,20)12-6-7-14(21-3)13(10-12)15(18)17-8-4-5-9-17/h6-7,10-11,16H,4-5,8-9H2,1-3H3. The second-order valence-electron chi connectivity index (χ2n) is 5.64. The third kappa shape index (κ3) is 3.83. The molecule has 5 nitrogen and oxygen atoms in total. The number of likely N-dealkylation sites (tertiary alicyclic amines) is 1. The second-order valence-corrected chi connectivity index (χ2v) is 8.20. The predicted octanol–water partition coefficient (Wildman–Crippen LogP) is 2.33. The van der Waals surface area contributed by atoms with Crippen molar-refractivity contribution in [3.8, 4) is 0 Å². The molecule has 0 saturated carbocycles. The summed E-state index contributed by atoms with van der Waals surface area (Å²) in [6.07, 6.45) is 3.90. The Hall–Kier alpha value is -1.05. The van der Waals surface area contributed by atoms with Crippen LogP contribution in [0, 0.1) is 0 Å². The van der Waals surface area contributed by atoms with Crippen molar-refractivity contribution in [3.05, 3.63) is 23.8 Å². The lowest BCUT2D eigenvalue weighted by Crippen LogP contribution is -2.31. The van der Waals surface area contributed by atoms with E-state index in [9.17, 15) is 13.2 Å². The number of hydrogen-bond donors (Lipinski definition) is 1. The molecular weight excluding hydrogens is 320 g/mol. The Morgan fingerprint density at radius 2 is 1.91 bits per heavy atom. The summed E-state index contributed by atoms with van der Waals surface area (Å²) < 4.78 is 27.1. The third-order valence-corrected chi connectivity index (χ3v) is 5.95. The van der Waals surface area contributed by atoms with E-state index in [2.05, 4.69) is 4.72 Å². The molecule has 1 N–H and O–H groups in total. The minimum Gasteiger partial charge on any atom is -0.339 e. The quantitative estimate of drug-likeness (QED) is 0.834. The number of nitrogens with one attached hydrogen (secondary N) is 1. The van der Waals surface area contributed by atoms with Crippen molar-refractivity contribution in [2.45, 2.75) is 42.5 Å². The number of amides is 1. The first-order valence-electron chi connectivity index (χ1n) is 7.35. The molecule has 0 aromatic heterocycles. The van der Waals surface area contributed by atoms with Gasteiger partial charge in [0.1, 0.15) is 0 Å². The van der Waals surface area contributed by atoms with Gasteiger partial charge in [-0.2, -0.15) is 0 Å². The zero-order valence-corrected chi connectivity index (χ0v) is 14.8. The van der Waals surface area contributed by atoms with Gasteiger partial charge in [-0.15, -0.1) is 11.8 Å². The molecule has 1 aliphatic rings. The van der Waals surface area contributed by atoms with Crippen molar-refractivity contribution in [1.82, 2.24) is 9.62 Å². The molecule has 122 valence electrons. The Balaban J connectivity index is 2.40. The van der Waals surface area contributed by atoms with Crippen LogP contribution in [0.4, 0.5) is 0 Å². The lowest BCUT2D eigenvalue weighted by Gasteiger charge is -2.18. The monoisotopic (exact) mass is 342 g/mol. The highest BCUT2D eigenvalue weighted by atomic mass is 32.2. The van der Waals surface area contributed by atoms with Crippen LogP contribution in [0.5, 0.6) is 0 Å². The Kier molecular flexibility index (Phi) is 5.52. The minimum absolute atomic E-state index is 0.0801.